The Morgan fingerprint density at radius 3 is 2.32 bits per heavy atom. The minimum absolute atomic E-state index is 0.0603. The minimum Gasteiger partial charge on any atom is -0.353 e. The normalized spacial score (nSPS) is 20.0. The van der Waals surface area contributed by atoms with Crippen molar-refractivity contribution in [1.29, 1.82) is 0 Å². The number of unbranched alkanes of at least 4 members (excludes halogenated alkanes) is 8. The molecule has 0 amide bonds. The van der Waals surface area contributed by atoms with Crippen molar-refractivity contribution in [3.05, 3.63) is 0 Å². The molecule has 1 heterocycles. The first kappa shape index (κ1) is 19.6. The molecule has 0 saturated carbocycles. The van der Waals surface area contributed by atoms with Gasteiger partial charge in [0, 0.05) is 13.0 Å². The SMILES string of the molecule is CCCCCCCCCCCC(CC=O)O[C@@H]1CCCCO1. The smallest absolute Gasteiger partial charge is 0.157 e. The highest BCUT2D eigenvalue weighted by atomic mass is 16.7. The fourth-order valence-electron chi connectivity index (χ4n) is 3.06. The fourth-order valence-corrected chi connectivity index (χ4v) is 3.06. The Bertz CT molecular complexity index is 249. The van der Waals surface area contributed by atoms with E-state index in [1.807, 2.05) is 0 Å². The number of hydrogen-bond acceptors (Lipinski definition) is 3. The highest BCUT2D eigenvalue weighted by Crippen LogP contribution is 2.19. The molecule has 1 unspecified atom stereocenters. The molecular weight excluding hydrogens is 276 g/mol. The zero-order valence-corrected chi connectivity index (χ0v) is 14.6. The quantitative estimate of drug-likeness (QED) is 0.318. The molecule has 22 heavy (non-hydrogen) atoms. The number of aldehydes is 1. The zero-order valence-electron chi connectivity index (χ0n) is 14.6. The lowest BCUT2D eigenvalue weighted by Gasteiger charge is -2.27. The Morgan fingerprint density at radius 2 is 1.73 bits per heavy atom. The van der Waals surface area contributed by atoms with Crippen LogP contribution in [0.4, 0.5) is 0 Å². The number of carbonyl (C=O) groups is 1. The summed E-state index contributed by atoms with van der Waals surface area (Å²) in [6, 6.07) is 0. The first-order chi connectivity index (χ1) is 10.9. The van der Waals surface area contributed by atoms with E-state index >= 15 is 0 Å². The maximum atomic E-state index is 10.8. The Balaban J connectivity index is 1.99. The van der Waals surface area contributed by atoms with E-state index in [2.05, 4.69) is 6.92 Å². The van der Waals surface area contributed by atoms with Gasteiger partial charge >= 0.3 is 0 Å². The predicted octanol–water partition coefficient (Wildman–Crippen LogP) is 5.41. The van der Waals surface area contributed by atoms with Gasteiger partial charge in [-0.05, 0) is 25.7 Å². The van der Waals surface area contributed by atoms with E-state index in [0.29, 0.717) is 6.42 Å². The molecule has 0 bridgehead atoms. The summed E-state index contributed by atoms with van der Waals surface area (Å²) >= 11 is 0. The van der Waals surface area contributed by atoms with E-state index in [4.69, 9.17) is 9.47 Å². The van der Waals surface area contributed by atoms with Gasteiger partial charge in [0.1, 0.15) is 6.29 Å². The lowest BCUT2D eigenvalue weighted by molar-refractivity contribution is -0.190. The van der Waals surface area contributed by atoms with Crippen LogP contribution in [0.15, 0.2) is 0 Å². The van der Waals surface area contributed by atoms with E-state index in [0.717, 1.165) is 32.2 Å². The molecule has 2 atom stereocenters. The van der Waals surface area contributed by atoms with Crippen LogP contribution in [0.1, 0.15) is 96.8 Å². The van der Waals surface area contributed by atoms with Crippen molar-refractivity contribution in [3.63, 3.8) is 0 Å². The van der Waals surface area contributed by atoms with Crippen molar-refractivity contribution in [2.45, 2.75) is 109 Å². The van der Waals surface area contributed by atoms with Gasteiger partial charge in [-0.2, -0.15) is 0 Å². The number of ether oxygens (including phenoxy) is 2. The second-order valence-corrected chi connectivity index (χ2v) is 6.57. The number of rotatable bonds is 14. The van der Waals surface area contributed by atoms with Crippen LogP contribution in [0, 0.1) is 0 Å². The van der Waals surface area contributed by atoms with Crippen molar-refractivity contribution >= 4 is 6.29 Å². The Hall–Kier alpha value is -0.410. The summed E-state index contributed by atoms with van der Waals surface area (Å²) < 4.78 is 11.6. The lowest BCUT2D eigenvalue weighted by atomic mass is 10.0. The molecule has 0 aromatic carbocycles. The van der Waals surface area contributed by atoms with Crippen LogP contribution in [-0.2, 0) is 14.3 Å². The first-order valence-corrected chi connectivity index (χ1v) is 9.57. The molecule has 0 N–H and O–H groups in total. The number of carbonyl (C=O) groups excluding carboxylic acids is 1. The molecule has 0 aromatic rings. The topological polar surface area (TPSA) is 35.5 Å². The average molecular weight is 312 g/mol. The molecule has 1 fully saturated rings. The van der Waals surface area contributed by atoms with Gasteiger partial charge in [0.05, 0.1) is 6.10 Å². The molecular formula is C19H36O3. The van der Waals surface area contributed by atoms with E-state index in [1.165, 1.54) is 64.2 Å². The van der Waals surface area contributed by atoms with Crippen LogP contribution in [0.5, 0.6) is 0 Å². The molecule has 0 radical (unpaired) electrons. The third kappa shape index (κ3) is 10.3. The van der Waals surface area contributed by atoms with Gasteiger partial charge in [0.25, 0.3) is 0 Å². The van der Waals surface area contributed by atoms with Gasteiger partial charge in [0.15, 0.2) is 6.29 Å². The van der Waals surface area contributed by atoms with Gasteiger partial charge in [-0.1, -0.05) is 64.7 Å². The summed E-state index contributed by atoms with van der Waals surface area (Å²) in [5, 5.41) is 0. The van der Waals surface area contributed by atoms with Crippen LogP contribution in [0.2, 0.25) is 0 Å². The summed E-state index contributed by atoms with van der Waals surface area (Å²) in [6.07, 6.45) is 17.7. The lowest BCUT2D eigenvalue weighted by Crippen LogP contribution is -2.28. The summed E-state index contributed by atoms with van der Waals surface area (Å²) in [7, 11) is 0. The van der Waals surface area contributed by atoms with Crippen LogP contribution in [0.3, 0.4) is 0 Å². The zero-order chi connectivity index (χ0) is 15.9. The van der Waals surface area contributed by atoms with Crippen molar-refractivity contribution in [3.8, 4) is 0 Å². The standard InChI is InChI=1S/C19H36O3/c1-2-3-4-5-6-7-8-9-10-13-18(15-16-20)22-19-14-11-12-17-21-19/h16,18-19H,2-15,17H2,1H3/t18?,19-/m1/s1. The molecule has 0 aromatic heterocycles. The molecule has 130 valence electrons. The summed E-state index contributed by atoms with van der Waals surface area (Å²) in [5.74, 6) is 0. The van der Waals surface area contributed by atoms with Crippen molar-refractivity contribution < 1.29 is 14.3 Å². The van der Waals surface area contributed by atoms with Crippen molar-refractivity contribution in [2.24, 2.45) is 0 Å². The minimum atomic E-state index is -0.0720. The molecule has 0 aliphatic carbocycles. The van der Waals surface area contributed by atoms with Crippen LogP contribution in [0.25, 0.3) is 0 Å². The second-order valence-electron chi connectivity index (χ2n) is 6.57. The maximum absolute atomic E-state index is 10.8. The van der Waals surface area contributed by atoms with Crippen molar-refractivity contribution in [2.75, 3.05) is 6.61 Å². The highest BCUT2D eigenvalue weighted by Gasteiger charge is 2.19. The third-order valence-electron chi connectivity index (χ3n) is 4.47. The molecule has 3 nitrogen and oxygen atoms in total. The van der Waals surface area contributed by atoms with E-state index < -0.39 is 0 Å². The van der Waals surface area contributed by atoms with E-state index in [-0.39, 0.29) is 12.4 Å². The summed E-state index contributed by atoms with van der Waals surface area (Å²) in [5.41, 5.74) is 0. The molecule has 1 aliphatic rings. The maximum Gasteiger partial charge on any atom is 0.157 e. The predicted molar refractivity (Wildman–Crippen MR) is 91.0 cm³/mol. The van der Waals surface area contributed by atoms with Gasteiger partial charge < -0.3 is 14.3 Å². The number of hydrogen-bond donors (Lipinski definition) is 0. The van der Waals surface area contributed by atoms with Crippen LogP contribution in [-0.4, -0.2) is 25.3 Å². The van der Waals surface area contributed by atoms with E-state index in [9.17, 15) is 4.79 Å². The molecule has 1 saturated heterocycles. The van der Waals surface area contributed by atoms with Crippen molar-refractivity contribution in [1.82, 2.24) is 0 Å². The highest BCUT2D eigenvalue weighted by molar-refractivity contribution is 5.50. The largest absolute Gasteiger partial charge is 0.353 e. The Kier molecular flexibility index (Phi) is 12.7. The monoisotopic (exact) mass is 312 g/mol. The summed E-state index contributed by atoms with van der Waals surface area (Å²) in [6.45, 7) is 3.06. The second kappa shape index (κ2) is 14.2. The van der Waals surface area contributed by atoms with Gasteiger partial charge in [0.2, 0.25) is 0 Å². The Labute approximate surface area is 137 Å². The average Bonchev–Trinajstić information content (AvgIpc) is 2.54. The van der Waals surface area contributed by atoms with Crippen LogP contribution < -0.4 is 0 Å². The van der Waals surface area contributed by atoms with Crippen LogP contribution >= 0.6 is 0 Å². The van der Waals surface area contributed by atoms with Gasteiger partial charge in [-0.15, -0.1) is 0 Å². The van der Waals surface area contributed by atoms with Gasteiger partial charge in [-0.3, -0.25) is 0 Å². The Morgan fingerprint density at radius 1 is 1.05 bits per heavy atom. The fraction of sp³-hybridized carbons (Fsp3) is 0.947. The van der Waals surface area contributed by atoms with E-state index in [1.54, 1.807) is 0 Å². The molecule has 3 heteroatoms. The van der Waals surface area contributed by atoms with Gasteiger partial charge in [-0.25, -0.2) is 0 Å². The molecule has 1 aliphatic heterocycles. The molecule has 0 spiro atoms. The summed E-state index contributed by atoms with van der Waals surface area (Å²) in [4.78, 5) is 10.8. The first-order valence-electron chi connectivity index (χ1n) is 9.57. The molecule has 1 rings (SSSR count). The third-order valence-corrected chi connectivity index (χ3v) is 4.47.